The summed E-state index contributed by atoms with van der Waals surface area (Å²) in [5.74, 6) is 0. The Kier molecular flexibility index (Phi) is 4.87. The van der Waals surface area contributed by atoms with Crippen molar-refractivity contribution in [3.63, 3.8) is 0 Å². The highest BCUT2D eigenvalue weighted by Gasteiger charge is 2.29. The van der Waals surface area contributed by atoms with Crippen LogP contribution in [0.3, 0.4) is 0 Å². The topological polar surface area (TPSA) is 9.23 Å². The lowest BCUT2D eigenvalue weighted by atomic mass is 9.77. The van der Waals surface area contributed by atoms with Crippen molar-refractivity contribution in [3.05, 3.63) is 71.8 Å². The van der Waals surface area contributed by atoms with E-state index in [1.165, 1.54) is 11.1 Å². The lowest BCUT2D eigenvalue weighted by Crippen LogP contribution is -2.30. The summed E-state index contributed by atoms with van der Waals surface area (Å²) < 4.78 is 5.45. The average Bonchev–Trinajstić information content (AvgIpc) is 2.46. The van der Waals surface area contributed by atoms with Crippen LogP contribution in [-0.2, 0) is 10.2 Å². The van der Waals surface area contributed by atoms with Crippen molar-refractivity contribution in [3.8, 4) is 0 Å². The highest BCUT2D eigenvalue weighted by atomic mass is 35.5. The maximum absolute atomic E-state index is 5.70. The molecule has 0 atom stereocenters. The number of halogens is 2. The van der Waals surface area contributed by atoms with Gasteiger partial charge in [0.2, 0.25) is 5.02 Å². The zero-order valence-corrected chi connectivity index (χ0v) is 12.2. The molecule has 2 aromatic carbocycles. The smallest absolute Gasteiger partial charge is 0.206 e. The summed E-state index contributed by atoms with van der Waals surface area (Å²) in [7, 11) is 0. The fourth-order valence-corrected chi connectivity index (χ4v) is 2.30. The van der Waals surface area contributed by atoms with E-state index >= 15 is 0 Å². The zero-order chi connectivity index (χ0) is 13.7. The predicted molar refractivity (Wildman–Crippen MR) is 80.8 cm³/mol. The third-order valence-electron chi connectivity index (χ3n) is 3.32. The second kappa shape index (κ2) is 6.42. The minimum atomic E-state index is -0.813. The highest BCUT2D eigenvalue weighted by molar-refractivity contribution is 6.43. The molecule has 0 spiro atoms. The molecule has 3 heteroatoms. The largest absolute Gasteiger partial charge is 0.348 e. The molecule has 0 saturated heterocycles. The minimum absolute atomic E-state index is 0.273. The standard InChI is InChI=1S/C16H16Cl2O/c1-16(12-19-15(17)18,13-8-4-2-5-9-13)14-10-6-3-7-11-14/h2-11,15H,12H2,1H3. The number of benzene rings is 2. The van der Waals surface area contributed by atoms with Crippen LogP contribution < -0.4 is 0 Å². The van der Waals surface area contributed by atoms with E-state index in [1.54, 1.807) is 0 Å². The molecule has 0 aliphatic carbocycles. The van der Waals surface area contributed by atoms with Gasteiger partial charge in [0.05, 0.1) is 6.61 Å². The fraction of sp³-hybridized carbons (Fsp3) is 0.250. The van der Waals surface area contributed by atoms with Gasteiger partial charge in [-0.1, -0.05) is 83.9 Å². The van der Waals surface area contributed by atoms with Gasteiger partial charge in [0, 0.05) is 5.41 Å². The van der Waals surface area contributed by atoms with Gasteiger partial charge in [-0.2, -0.15) is 0 Å². The predicted octanol–water partition coefficient (Wildman–Crippen LogP) is 4.77. The number of hydrogen-bond acceptors (Lipinski definition) is 1. The maximum Gasteiger partial charge on any atom is 0.206 e. The van der Waals surface area contributed by atoms with Gasteiger partial charge in [0.15, 0.2) is 0 Å². The van der Waals surface area contributed by atoms with Gasteiger partial charge in [-0.25, -0.2) is 0 Å². The van der Waals surface area contributed by atoms with Crippen LogP contribution in [0.5, 0.6) is 0 Å². The average molecular weight is 295 g/mol. The fourth-order valence-electron chi connectivity index (χ4n) is 2.18. The van der Waals surface area contributed by atoms with Gasteiger partial charge < -0.3 is 4.74 Å². The van der Waals surface area contributed by atoms with Crippen LogP contribution in [0.1, 0.15) is 18.1 Å². The first kappa shape index (κ1) is 14.4. The highest BCUT2D eigenvalue weighted by Crippen LogP contribution is 2.32. The molecule has 0 radical (unpaired) electrons. The van der Waals surface area contributed by atoms with Gasteiger partial charge in [0.25, 0.3) is 0 Å². The molecule has 0 saturated carbocycles. The third-order valence-corrected chi connectivity index (χ3v) is 3.57. The normalized spacial score (nSPS) is 11.8. The molecular weight excluding hydrogens is 279 g/mol. The van der Waals surface area contributed by atoms with Crippen molar-refractivity contribution in [2.45, 2.75) is 17.4 Å². The lowest BCUT2D eigenvalue weighted by molar-refractivity contribution is 0.118. The van der Waals surface area contributed by atoms with Crippen molar-refractivity contribution >= 4 is 23.2 Å². The van der Waals surface area contributed by atoms with Gasteiger partial charge in [-0.05, 0) is 18.1 Å². The monoisotopic (exact) mass is 294 g/mol. The van der Waals surface area contributed by atoms with Gasteiger partial charge in [-0.15, -0.1) is 0 Å². The summed E-state index contributed by atoms with van der Waals surface area (Å²) in [5, 5.41) is -0.813. The second-order valence-electron chi connectivity index (χ2n) is 4.64. The molecule has 0 unspecified atom stereocenters. The molecule has 0 aliphatic heterocycles. The van der Waals surface area contributed by atoms with Gasteiger partial charge >= 0.3 is 0 Å². The molecule has 19 heavy (non-hydrogen) atoms. The van der Waals surface area contributed by atoms with E-state index in [0.717, 1.165) is 0 Å². The zero-order valence-electron chi connectivity index (χ0n) is 10.7. The number of ether oxygens (including phenoxy) is 1. The molecule has 0 N–H and O–H groups in total. The summed E-state index contributed by atoms with van der Waals surface area (Å²) in [6.07, 6.45) is 0. The molecule has 2 rings (SSSR count). The van der Waals surface area contributed by atoms with Crippen LogP contribution in [0.4, 0.5) is 0 Å². The molecule has 0 amide bonds. The molecule has 0 heterocycles. The van der Waals surface area contributed by atoms with E-state index in [9.17, 15) is 0 Å². The molecule has 2 aromatic rings. The second-order valence-corrected chi connectivity index (χ2v) is 5.65. The molecule has 0 aliphatic rings. The first-order valence-corrected chi connectivity index (χ1v) is 7.01. The van der Waals surface area contributed by atoms with E-state index in [-0.39, 0.29) is 5.41 Å². The van der Waals surface area contributed by atoms with E-state index < -0.39 is 5.02 Å². The Morgan fingerprint density at radius 1 is 0.895 bits per heavy atom. The van der Waals surface area contributed by atoms with E-state index in [4.69, 9.17) is 27.9 Å². The molecule has 1 nitrogen and oxygen atoms in total. The molecule has 0 bridgehead atoms. The quantitative estimate of drug-likeness (QED) is 0.722. The van der Waals surface area contributed by atoms with E-state index in [1.807, 2.05) is 36.4 Å². The third kappa shape index (κ3) is 3.50. The van der Waals surface area contributed by atoms with E-state index in [2.05, 4.69) is 31.2 Å². The van der Waals surface area contributed by atoms with E-state index in [0.29, 0.717) is 6.61 Å². The van der Waals surface area contributed by atoms with Crippen LogP contribution in [-0.4, -0.2) is 11.6 Å². The van der Waals surface area contributed by atoms with Crippen molar-refractivity contribution in [1.82, 2.24) is 0 Å². The van der Waals surface area contributed by atoms with Crippen molar-refractivity contribution in [2.75, 3.05) is 6.61 Å². The van der Waals surface area contributed by atoms with Crippen LogP contribution in [0.25, 0.3) is 0 Å². The Labute approximate surface area is 124 Å². The minimum Gasteiger partial charge on any atom is -0.348 e. The Morgan fingerprint density at radius 3 is 1.68 bits per heavy atom. The Morgan fingerprint density at radius 2 is 1.32 bits per heavy atom. The number of alkyl halides is 2. The summed E-state index contributed by atoms with van der Waals surface area (Å²) in [6.45, 7) is 2.56. The SMILES string of the molecule is CC(COC(Cl)Cl)(c1ccccc1)c1ccccc1. The number of rotatable bonds is 5. The molecular formula is C16H16Cl2O. The van der Waals surface area contributed by atoms with Crippen molar-refractivity contribution in [1.29, 1.82) is 0 Å². The first-order chi connectivity index (χ1) is 9.13. The van der Waals surface area contributed by atoms with Crippen molar-refractivity contribution in [2.24, 2.45) is 0 Å². The summed E-state index contributed by atoms with van der Waals surface area (Å²) in [6, 6.07) is 20.5. The molecule has 0 fully saturated rings. The Hall–Kier alpha value is -1.02. The molecule has 0 aromatic heterocycles. The van der Waals surface area contributed by atoms with Gasteiger partial charge in [0.1, 0.15) is 0 Å². The first-order valence-electron chi connectivity index (χ1n) is 6.14. The summed E-state index contributed by atoms with van der Waals surface area (Å²) in [4.78, 5) is 0. The number of hydrogen-bond donors (Lipinski definition) is 0. The van der Waals surface area contributed by atoms with Crippen LogP contribution >= 0.6 is 23.2 Å². The Balaban J connectivity index is 2.39. The van der Waals surface area contributed by atoms with Crippen molar-refractivity contribution < 1.29 is 4.74 Å². The van der Waals surface area contributed by atoms with Crippen LogP contribution in [0.2, 0.25) is 0 Å². The maximum atomic E-state index is 5.70. The summed E-state index contributed by atoms with van der Waals surface area (Å²) in [5.41, 5.74) is 2.08. The Bertz CT molecular complexity index is 457. The molecule has 100 valence electrons. The van der Waals surface area contributed by atoms with Crippen LogP contribution in [0.15, 0.2) is 60.7 Å². The van der Waals surface area contributed by atoms with Crippen LogP contribution in [0, 0.1) is 0 Å². The lowest BCUT2D eigenvalue weighted by Gasteiger charge is -2.31. The summed E-state index contributed by atoms with van der Waals surface area (Å²) >= 11 is 11.4. The van der Waals surface area contributed by atoms with Gasteiger partial charge in [-0.3, -0.25) is 0 Å².